The van der Waals surface area contributed by atoms with Gasteiger partial charge in [-0.25, -0.2) is 4.79 Å². The molecule has 0 aliphatic heterocycles. The molecule has 4 N–H and O–H groups in total. The number of benzene rings is 2. The highest BCUT2D eigenvalue weighted by Gasteiger charge is 2.30. The van der Waals surface area contributed by atoms with Crippen LogP contribution in [-0.2, 0) is 11.3 Å². The Morgan fingerprint density at radius 3 is 2.31 bits per heavy atom. The zero-order valence-corrected chi connectivity index (χ0v) is 15.1. The average molecular weight is 358 g/mol. The van der Waals surface area contributed by atoms with Gasteiger partial charge in [0.25, 0.3) is 5.91 Å². The Morgan fingerprint density at radius 2 is 1.73 bits per heavy atom. The van der Waals surface area contributed by atoms with E-state index in [0.29, 0.717) is 18.0 Å². The zero-order valence-electron chi connectivity index (χ0n) is 15.1. The maximum atomic E-state index is 12.5. The van der Waals surface area contributed by atoms with Crippen molar-refractivity contribution < 1.29 is 24.0 Å². The molecule has 26 heavy (non-hydrogen) atoms. The number of methoxy groups -OCH3 is 2. The first-order chi connectivity index (χ1) is 12.5. The van der Waals surface area contributed by atoms with Gasteiger partial charge < -0.3 is 20.1 Å². The van der Waals surface area contributed by atoms with E-state index in [-0.39, 0.29) is 0 Å². The van der Waals surface area contributed by atoms with Crippen LogP contribution in [0.5, 0.6) is 11.5 Å². The van der Waals surface area contributed by atoms with E-state index in [0.717, 1.165) is 16.0 Å². The molecule has 2 aromatic rings. The van der Waals surface area contributed by atoms with Gasteiger partial charge in [0, 0.05) is 11.1 Å². The van der Waals surface area contributed by atoms with Crippen molar-refractivity contribution in [1.82, 2.24) is 5.32 Å². The number of primary amides is 1. The third-order valence-corrected chi connectivity index (χ3v) is 4.07. The summed E-state index contributed by atoms with van der Waals surface area (Å²) in [5, 5.41) is 2.18. The van der Waals surface area contributed by atoms with Crippen LogP contribution >= 0.6 is 0 Å². The number of nitrogens with one attached hydrogen (secondary N) is 2. The molecule has 0 saturated heterocycles. The molecular formula is C19H24N3O4+. The van der Waals surface area contributed by atoms with Crippen LogP contribution in [0.4, 0.5) is 4.79 Å². The Bertz CT molecular complexity index is 765. The maximum absolute atomic E-state index is 12.5. The highest BCUT2D eigenvalue weighted by atomic mass is 16.5. The number of hydrogen-bond acceptors (Lipinski definition) is 4. The zero-order chi connectivity index (χ0) is 19.1. The standard InChI is InChI=1S/C19H23N3O4/c1-22(12-13-9-10-15(25-2)16(11-13)26-3)17(18(23)21-19(20)24)14-7-5-4-6-8-14/h4-11,17H,12H2,1-3H3,(H3,20,21,23,24)/p+1/t17-/m1/s1. The molecule has 0 aliphatic carbocycles. The fourth-order valence-electron chi connectivity index (χ4n) is 2.91. The molecule has 2 aromatic carbocycles. The van der Waals surface area contributed by atoms with E-state index in [1.165, 1.54) is 0 Å². The first kappa shape index (κ1) is 19.3. The van der Waals surface area contributed by atoms with Gasteiger partial charge in [0.15, 0.2) is 17.5 Å². The molecule has 0 fully saturated rings. The van der Waals surface area contributed by atoms with Crippen molar-refractivity contribution in [3.05, 3.63) is 59.7 Å². The van der Waals surface area contributed by atoms with E-state index in [2.05, 4.69) is 5.32 Å². The van der Waals surface area contributed by atoms with Gasteiger partial charge in [0.2, 0.25) is 0 Å². The highest BCUT2D eigenvalue weighted by molar-refractivity contribution is 5.96. The number of likely N-dealkylation sites (N-methyl/N-ethyl adjacent to an activating group) is 1. The third-order valence-electron chi connectivity index (χ3n) is 4.07. The van der Waals surface area contributed by atoms with Crippen LogP contribution in [0.2, 0.25) is 0 Å². The number of nitrogens with two attached hydrogens (primary N) is 1. The lowest BCUT2D eigenvalue weighted by atomic mass is 10.0. The maximum Gasteiger partial charge on any atom is 0.319 e. The van der Waals surface area contributed by atoms with Crippen molar-refractivity contribution in [1.29, 1.82) is 0 Å². The van der Waals surface area contributed by atoms with Crippen molar-refractivity contribution >= 4 is 11.9 Å². The highest BCUT2D eigenvalue weighted by Crippen LogP contribution is 2.27. The summed E-state index contributed by atoms with van der Waals surface area (Å²) in [5.41, 5.74) is 6.88. The smallest absolute Gasteiger partial charge is 0.319 e. The number of hydrogen-bond donors (Lipinski definition) is 3. The number of quaternary nitrogens is 1. The lowest BCUT2D eigenvalue weighted by Crippen LogP contribution is -3.09. The number of carbonyl (C=O) groups is 2. The van der Waals surface area contributed by atoms with E-state index >= 15 is 0 Å². The Hall–Kier alpha value is -3.06. The first-order valence-corrected chi connectivity index (χ1v) is 8.14. The summed E-state index contributed by atoms with van der Waals surface area (Å²) in [5.74, 6) is 0.817. The number of carbonyl (C=O) groups excluding carboxylic acids is 2. The fraction of sp³-hybridized carbons (Fsp3) is 0.263. The summed E-state index contributed by atoms with van der Waals surface area (Å²) in [6.07, 6.45) is 0. The molecule has 0 heterocycles. The summed E-state index contributed by atoms with van der Waals surface area (Å²) in [6.45, 7) is 0.534. The van der Waals surface area contributed by atoms with E-state index in [1.807, 2.05) is 55.6 Å². The van der Waals surface area contributed by atoms with Crippen molar-refractivity contribution in [2.45, 2.75) is 12.6 Å². The average Bonchev–Trinajstić information content (AvgIpc) is 2.62. The van der Waals surface area contributed by atoms with Gasteiger partial charge in [-0.05, 0) is 18.2 Å². The Kier molecular flexibility index (Phi) is 6.57. The molecule has 0 spiro atoms. The largest absolute Gasteiger partial charge is 0.493 e. The normalized spacial score (nSPS) is 12.7. The minimum atomic E-state index is -0.866. The van der Waals surface area contributed by atoms with Gasteiger partial charge in [0.1, 0.15) is 6.54 Å². The monoisotopic (exact) mass is 358 g/mol. The first-order valence-electron chi connectivity index (χ1n) is 8.14. The van der Waals surface area contributed by atoms with Crippen LogP contribution < -0.4 is 25.4 Å². The number of rotatable bonds is 7. The van der Waals surface area contributed by atoms with Gasteiger partial charge in [-0.2, -0.15) is 0 Å². The summed E-state index contributed by atoms with van der Waals surface area (Å²) >= 11 is 0. The van der Waals surface area contributed by atoms with Gasteiger partial charge in [-0.15, -0.1) is 0 Å². The molecule has 7 heteroatoms. The van der Waals surface area contributed by atoms with Crippen molar-refractivity contribution in [2.75, 3.05) is 21.3 Å². The second-order valence-electron chi connectivity index (χ2n) is 5.91. The second-order valence-corrected chi connectivity index (χ2v) is 5.91. The lowest BCUT2D eigenvalue weighted by molar-refractivity contribution is -0.916. The molecule has 0 bridgehead atoms. The Morgan fingerprint density at radius 1 is 1.08 bits per heavy atom. The third kappa shape index (κ3) is 4.73. The Labute approximate surface area is 152 Å². The minimum absolute atomic E-state index is 0.443. The lowest BCUT2D eigenvalue weighted by Gasteiger charge is -2.24. The van der Waals surface area contributed by atoms with E-state index < -0.39 is 18.0 Å². The molecule has 0 aromatic heterocycles. The van der Waals surface area contributed by atoms with Crippen molar-refractivity contribution in [3.8, 4) is 11.5 Å². The molecule has 1 unspecified atom stereocenters. The van der Waals surface area contributed by atoms with Crippen LogP contribution in [0.3, 0.4) is 0 Å². The number of ether oxygens (including phenoxy) is 2. The number of imide groups is 1. The van der Waals surface area contributed by atoms with Crippen LogP contribution in [0, 0.1) is 0 Å². The number of amides is 3. The van der Waals surface area contributed by atoms with Crippen LogP contribution in [0.1, 0.15) is 17.2 Å². The van der Waals surface area contributed by atoms with Crippen LogP contribution in [-0.4, -0.2) is 33.2 Å². The second kappa shape index (κ2) is 8.87. The van der Waals surface area contributed by atoms with E-state index in [1.54, 1.807) is 14.2 Å². The molecule has 0 radical (unpaired) electrons. The van der Waals surface area contributed by atoms with Crippen molar-refractivity contribution in [3.63, 3.8) is 0 Å². The quantitative estimate of drug-likeness (QED) is 0.677. The Balaban J connectivity index is 2.27. The minimum Gasteiger partial charge on any atom is -0.493 e. The summed E-state index contributed by atoms with van der Waals surface area (Å²) in [7, 11) is 5.04. The topological polar surface area (TPSA) is 95.1 Å². The summed E-state index contributed by atoms with van der Waals surface area (Å²) in [6, 6.07) is 13.4. The molecule has 138 valence electrons. The molecule has 2 atom stereocenters. The molecule has 7 nitrogen and oxygen atoms in total. The van der Waals surface area contributed by atoms with Gasteiger partial charge in [-0.1, -0.05) is 30.3 Å². The predicted octanol–water partition coefficient (Wildman–Crippen LogP) is 0.655. The molecular weight excluding hydrogens is 334 g/mol. The predicted molar refractivity (Wildman–Crippen MR) is 97.0 cm³/mol. The summed E-state index contributed by atoms with van der Waals surface area (Å²) < 4.78 is 10.6. The van der Waals surface area contributed by atoms with E-state index in [9.17, 15) is 9.59 Å². The van der Waals surface area contributed by atoms with Crippen LogP contribution in [0.25, 0.3) is 0 Å². The summed E-state index contributed by atoms with van der Waals surface area (Å²) in [4.78, 5) is 24.5. The van der Waals surface area contributed by atoms with Gasteiger partial charge in [0.05, 0.1) is 21.3 Å². The number of urea groups is 1. The van der Waals surface area contributed by atoms with E-state index in [4.69, 9.17) is 15.2 Å². The molecule has 0 saturated carbocycles. The van der Waals surface area contributed by atoms with Gasteiger partial charge >= 0.3 is 6.03 Å². The molecule has 3 amide bonds. The SMILES string of the molecule is COc1ccc(C[NH+](C)[C@@H](C(=O)NC(N)=O)c2ccccc2)cc1OC. The fourth-order valence-corrected chi connectivity index (χ4v) is 2.91. The molecule has 0 aliphatic rings. The van der Waals surface area contributed by atoms with Crippen LogP contribution in [0.15, 0.2) is 48.5 Å². The van der Waals surface area contributed by atoms with Crippen molar-refractivity contribution in [2.24, 2.45) is 5.73 Å². The van der Waals surface area contributed by atoms with Gasteiger partial charge in [-0.3, -0.25) is 10.1 Å². The molecule has 2 rings (SSSR count).